The van der Waals surface area contributed by atoms with Crippen molar-refractivity contribution in [3.63, 3.8) is 0 Å². The summed E-state index contributed by atoms with van der Waals surface area (Å²) in [5.41, 5.74) is -1.11. The van der Waals surface area contributed by atoms with Gasteiger partial charge in [0.2, 0.25) is 0 Å². The molecule has 1 unspecified atom stereocenters. The van der Waals surface area contributed by atoms with Crippen molar-refractivity contribution >= 4 is 27.6 Å². The van der Waals surface area contributed by atoms with Crippen molar-refractivity contribution in [2.24, 2.45) is 5.41 Å². The lowest BCUT2D eigenvalue weighted by Gasteiger charge is -2.33. The largest absolute Gasteiger partial charge is 0.465 e. The predicted octanol–water partition coefficient (Wildman–Crippen LogP) is 2.80. The van der Waals surface area contributed by atoms with Crippen LogP contribution in [0.15, 0.2) is 11.8 Å². The molecule has 8 nitrogen and oxygen atoms in total. The number of ether oxygens (including phenoxy) is 2. The molecule has 0 N–H and O–H groups in total. The molecule has 0 saturated heterocycles. The molecule has 0 saturated carbocycles. The number of aromatic nitrogens is 2. The van der Waals surface area contributed by atoms with Gasteiger partial charge in [-0.05, 0) is 44.3 Å². The van der Waals surface area contributed by atoms with Gasteiger partial charge in [0.1, 0.15) is 22.8 Å². The lowest BCUT2D eigenvalue weighted by molar-refractivity contribution is -0.158. The first-order valence-electron chi connectivity index (χ1n) is 8.10. The molecular formula is C15H20F2N2O6S2. The quantitative estimate of drug-likeness (QED) is 0.462. The van der Waals surface area contributed by atoms with Gasteiger partial charge in [0, 0.05) is 13.3 Å². The fourth-order valence-corrected chi connectivity index (χ4v) is 3.37. The average molecular weight is 426 g/mol. The highest BCUT2D eigenvalue weighted by Crippen LogP contribution is 2.39. The molecule has 1 heterocycles. The number of alkyl halides is 2. The zero-order valence-corrected chi connectivity index (χ0v) is 16.7. The van der Waals surface area contributed by atoms with Crippen LogP contribution in [0.2, 0.25) is 0 Å². The number of nitrogens with zero attached hydrogens (tertiary/aromatic N) is 2. The van der Waals surface area contributed by atoms with Crippen LogP contribution in [0.3, 0.4) is 0 Å². The summed E-state index contributed by atoms with van der Waals surface area (Å²) < 4.78 is 68.3. The fraction of sp³-hybridized carbons (Fsp3) is 0.667. The topological polar surface area (TPSA) is 105 Å². The number of carbonyl (C=O) groups is 1. The van der Waals surface area contributed by atoms with E-state index in [9.17, 15) is 22.0 Å². The van der Waals surface area contributed by atoms with Gasteiger partial charge in [-0.15, -0.1) is 4.37 Å². The van der Waals surface area contributed by atoms with Crippen molar-refractivity contribution in [3.05, 3.63) is 16.8 Å². The van der Waals surface area contributed by atoms with Crippen molar-refractivity contribution in [2.45, 2.75) is 45.3 Å². The van der Waals surface area contributed by atoms with Gasteiger partial charge in [-0.1, -0.05) is 0 Å². The molecule has 1 atom stereocenters. The molecule has 1 aliphatic rings. The van der Waals surface area contributed by atoms with Crippen LogP contribution >= 0.6 is 11.5 Å². The van der Waals surface area contributed by atoms with Crippen molar-refractivity contribution in [1.29, 1.82) is 0 Å². The lowest BCUT2D eigenvalue weighted by Crippen LogP contribution is -2.40. The molecule has 0 radical (unpaired) electrons. The Labute approximate surface area is 159 Å². The third kappa shape index (κ3) is 5.12. The highest BCUT2D eigenvalue weighted by molar-refractivity contribution is 7.87. The van der Waals surface area contributed by atoms with Crippen LogP contribution < -0.4 is 4.74 Å². The van der Waals surface area contributed by atoms with Gasteiger partial charge in [0.25, 0.3) is 0 Å². The van der Waals surface area contributed by atoms with Crippen LogP contribution in [0, 0.1) is 12.3 Å². The van der Waals surface area contributed by atoms with E-state index in [2.05, 4.69) is 13.5 Å². The molecule has 1 aromatic heterocycles. The summed E-state index contributed by atoms with van der Waals surface area (Å²) in [5, 5.41) is -3.33. The van der Waals surface area contributed by atoms with Crippen LogP contribution in [0.1, 0.15) is 38.1 Å². The SMILES string of the molecule is CCOC(=O)C1(COc2nsc(C)n2)CC=C(OS(=O)(=O)C(C)(F)F)CC1. The molecule has 0 aliphatic heterocycles. The standard InChI is InChI=1S/C15H20F2N2O6S2/c1-4-23-12(20)15(9-24-13-18-10(2)26-19-13)7-5-11(6-8-15)25-27(21,22)14(3,16)17/h5H,4,6-9H2,1-3H3. The van der Waals surface area contributed by atoms with E-state index >= 15 is 0 Å². The fourth-order valence-electron chi connectivity index (χ4n) is 2.37. The van der Waals surface area contributed by atoms with Crippen LogP contribution in [-0.2, 0) is 23.8 Å². The molecule has 0 amide bonds. The van der Waals surface area contributed by atoms with Crippen molar-refractivity contribution in [3.8, 4) is 6.01 Å². The lowest BCUT2D eigenvalue weighted by atomic mass is 9.77. The first-order valence-corrected chi connectivity index (χ1v) is 10.3. The Balaban J connectivity index is 2.14. The van der Waals surface area contributed by atoms with Crippen LogP contribution in [0.4, 0.5) is 8.78 Å². The molecule has 27 heavy (non-hydrogen) atoms. The summed E-state index contributed by atoms with van der Waals surface area (Å²) in [7, 11) is -5.09. The van der Waals surface area contributed by atoms with Crippen molar-refractivity contribution < 1.29 is 35.6 Å². The molecular weight excluding hydrogens is 406 g/mol. The Morgan fingerprint density at radius 3 is 2.63 bits per heavy atom. The summed E-state index contributed by atoms with van der Waals surface area (Å²) in [6.45, 7) is 3.70. The van der Waals surface area contributed by atoms with Gasteiger partial charge in [-0.25, -0.2) is 0 Å². The van der Waals surface area contributed by atoms with Gasteiger partial charge < -0.3 is 13.7 Å². The maximum Gasteiger partial charge on any atom is 0.377 e. The van der Waals surface area contributed by atoms with E-state index in [1.54, 1.807) is 13.8 Å². The zero-order chi connectivity index (χ0) is 20.3. The van der Waals surface area contributed by atoms with Gasteiger partial charge in [0.15, 0.2) is 0 Å². The van der Waals surface area contributed by atoms with E-state index in [-0.39, 0.29) is 51.2 Å². The molecule has 2 rings (SSSR count). The van der Waals surface area contributed by atoms with Crippen LogP contribution in [0.25, 0.3) is 0 Å². The highest BCUT2D eigenvalue weighted by Gasteiger charge is 2.46. The summed E-state index contributed by atoms with van der Waals surface area (Å²) in [6.07, 6.45) is 1.37. The number of rotatable bonds is 8. The second-order valence-corrected chi connectivity index (χ2v) is 8.85. The summed E-state index contributed by atoms with van der Waals surface area (Å²) >= 11 is 1.15. The average Bonchev–Trinajstić information content (AvgIpc) is 2.99. The van der Waals surface area contributed by atoms with E-state index in [1.165, 1.54) is 6.08 Å². The minimum Gasteiger partial charge on any atom is -0.465 e. The summed E-state index contributed by atoms with van der Waals surface area (Å²) in [5.74, 6) is -0.671. The predicted molar refractivity (Wildman–Crippen MR) is 91.8 cm³/mol. The van der Waals surface area contributed by atoms with Gasteiger partial charge in [-0.3, -0.25) is 4.79 Å². The van der Waals surface area contributed by atoms with Crippen molar-refractivity contribution in [1.82, 2.24) is 9.36 Å². The maximum atomic E-state index is 13.1. The Bertz CT molecular complexity index is 819. The Hall–Kier alpha value is -1.82. The third-order valence-corrected chi connectivity index (χ3v) is 5.84. The van der Waals surface area contributed by atoms with E-state index < -0.39 is 26.8 Å². The van der Waals surface area contributed by atoms with Crippen molar-refractivity contribution in [2.75, 3.05) is 13.2 Å². The number of halogens is 2. The van der Waals surface area contributed by atoms with Crippen LogP contribution in [0.5, 0.6) is 6.01 Å². The second kappa shape index (κ2) is 8.05. The first kappa shape index (κ1) is 21.5. The molecule has 0 spiro atoms. The van der Waals surface area contributed by atoms with E-state index in [0.717, 1.165) is 11.5 Å². The van der Waals surface area contributed by atoms with E-state index in [4.69, 9.17) is 9.47 Å². The van der Waals surface area contributed by atoms with E-state index in [0.29, 0.717) is 5.01 Å². The van der Waals surface area contributed by atoms with E-state index in [1.807, 2.05) is 0 Å². The molecule has 0 aromatic carbocycles. The summed E-state index contributed by atoms with van der Waals surface area (Å²) in [4.78, 5) is 16.5. The number of aryl methyl sites for hydroxylation is 1. The first-order chi connectivity index (χ1) is 12.5. The monoisotopic (exact) mass is 426 g/mol. The minimum absolute atomic E-state index is 0.00902. The smallest absolute Gasteiger partial charge is 0.377 e. The Morgan fingerprint density at radius 1 is 1.44 bits per heavy atom. The van der Waals surface area contributed by atoms with Gasteiger partial charge >= 0.3 is 27.4 Å². The molecule has 0 fully saturated rings. The van der Waals surface area contributed by atoms with Gasteiger partial charge in [0.05, 0.1) is 6.61 Å². The molecule has 1 aliphatic carbocycles. The third-order valence-electron chi connectivity index (χ3n) is 3.92. The minimum atomic E-state index is -5.09. The number of carbonyl (C=O) groups excluding carboxylic acids is 1. The Morgan fingerprint density at radius 2 is 2.15 bits per heavy atom. The van der Waals surface area contributed by atoms with Crippen LogP contribution in [-0.4, -0.2) is 42.2 Å². The van der Waals surface area contributed by atoms with Gasteiger partial charge in [-0.2, -0.15) is 22.2 Å². The number of hydrogen-bond donors (Lipinski definition) is 0. The second-order valence-electron chi connectivity index (χ2n) is 6.11. The summed E-state index contributed by atoms with van der Waals surface area (Å²) in [6, 6.07) is 0.125. The molecule has 12 heteroatoms. The highest BCUT2D eigenvalue weighted by atomic mass is 32.2. The number of esters is 1. The molecule has 0 bridgehead atoms. The number of allylic oxidation sites excluding steroid dienone is 2. The Kier molecular flexibility index (Phi) is 6.40. The molecule has 1 aromatic rings. The number of hydrogen-bond acceptors (Lipinski definition) is 9. The zero-order valence-electron chi connectivity index (χ0n) is 15.0. The molecule has 152 valence electrons. The normalized spacial score (nSPS) is 20.7. The maximum absolute atomic E-state index is 13.1.